The molecule has 0 aliphatic rings. The van der Waals surface area contributed by atoms with Crippen LogP contribution in [0.15, 0.2) is 77.7 Å². The summed E-state index contributed by atoms with van der Waals surface area (Å²) >= 11 is 2.14. The summed E-state index contributed by atoms with van der Waals surface area (Å²) in [6.07, 6.45) is -0.725. The van der Waals surface area contributed by atoms with Crippen LogP contribution in [0.5, 0.6) is 5.75 Å². The number of benzene rings is 3. The molecule has 3 rings (SSSR count). The number of ether oxygens (including phenoxy) is 2. The summed E-state index contributed by atoms with van der Waals surface area (Å²) in [5.41, 5.74) is 1.45. The lowest BCUT2D eigenvalue weighted by atomic mass is 10.2. The molecule has 30 heavy (non-hydrogen) atoms. The summed E-state index contributed by atoms with van der Waals surface area (Å²) in [4.78, 5) is 12.2. The Morgan fingerprint density at radius 2 is 1.70 bits per heavy atom. The Morgan fingerprint density at radius 3 is 2.37 bits per heavy atom. The zero-order valence-corrected chi connectivity index (χ0v) is 18.9. The summed E-state index contributed by atoms with van der Waals surface area (Å²) in [5.74, 6) is 0.305. The molecule has 2 N–H and O–H groups in total. The first-order valence-corrected chi connectivity index (χ1v) is 11.4. The van der Waals surface area contributed by atoms with Crippen LogP contribution in [-0.2, 0) is 21.4 Å². The van der Waals surface area contributed by atoms with Crippen molar-refractivity contribution >= 4 is 50.1 Å². The van der Waals surface area contributed by atoms with Crippen LogP contribution < -0.4 is 14.8 Å². The lowest BCUT2D eigenvalue weighted by molar-refractivity contribution is 0.155. The molecule has 7 nitrogen and oxygen atoms in total. The highest BCUT2D eigenvalue weighted by Crippen LogP contribution is 2.29. The molecule has 0 spiro atoms. The van der Waals surface area contributed by atoms with E-state index in [9.17, 15) is 13.2 Å². The van der Waals surface area contributed by atoms with E-state index in [1.54, 1.807) is 24.3 Å². The third-order valence-corrected chi connectivity index (χ3v) is 6.13. The van der Waals surface area contributed by atoms with Gasteiger partial charge in [0.05, 0.1) is 17.7 Å². The number of nitrogens with one attached hydrogen (secondary N) is 2. The molecule has 0 atom stereocenters. The molecule has 0 saturated heterocycles. The van der Waals surface area contributed by atoms with E-state index in [2.05, 4.69) is 32.6 Å². The Balaban J connectivity index is 1.75. The average molecular weight is 538 g/mol. The Kier molecular flexibility index (Phi) is 7.16. The zero-order chi connectivity index (χ0) is 21.6. The number of carbonyl (C=O) groups is 1. The molecule has 0 aromatic heterocycles. The van der Waals surface area contributed by atoms with Crippen LogP contribution in [0.4, 0.5) is 16.2 Å². The number of methoxy groups -OCH3 is 1. The van der Waals surface area contributed by atoms with Crippen LogP contribution in [0.25, 0.3) is 0 Å². The minimum Gasteiger partial charge on any atom is -0.495 e. The molecule has 0 saturated carbocycles. The molecular formula is C21H19IN2O5S. The van der Waals surface area contributed by atoms with Crippen molar-refractivity contribution in [3.63, 3.8) is 0 Å². The van der Waals surface area contributed by atoms with Crippen LogP contribution in [0.3, 0.4) is 0 Å². The Hall–Kier alpha value is -2.79. The van der Waals surface area contributed by atoms with Gasteiger partial charge in [-0.25, -0.2) is 13.2 Å². The summed E-state index contributed by atoms with van der Waals surface area (Å²) < 4.78 is 39.4. The predicted octanol–water partition coefficient (Wildman–Crippen LogP) is 4.85. The number of hydrogen-bond acceptors (Lipinski definition) is 5. The smallest absolute Gasteiger partial charge is 0.412 e. The number of halogens is 1. The van der Waals surface area contributed by atoms with E-state index in [0.717, 1.165) is 9.13 Å². The van der Waals surface area contributed by atoms with E-state index in [4.69, 9.17) is 9.47 Å². The molecule has 0 aliphatic heterocycles. The SMILES string of the molecule is COc1ccc(S(=O)(=O)Nc2ccc(I)cc2)cc1NC(=O)OCc1ccccc1. The van der Waals surface area contributed by atoms with E-state index in [1.807, 2.05) is 30.3 Å². The van der Waals surface area contributed by atoms with Crippen molar-refractivity contribution in [3.8, 4) is 5.75 Å². The number of amides is 1. The molecule has 0 heterocycles. The summed E-state index contributed by atoms with van der Waals surface area (Å²) in [6, 6.07) is 20.3. The Bertz CT molecular complexity index is 1120. The molecule has 0 bridgehead atoms. The van der Waals surface area contributed by atoms with Crippen LogP contribution in [0.1, 0.15) is 5.56 Å². The Labute approximate surface area is 188 Å². The maximum atomic E-state index is 12.7. The highest BCUT2D eigenvalue weighted by atomic mass is 127. The summed E-state index contributed by atoms with van der Waals surface area (Å²) in [7, 11) is -2.44. The Morgan fingerprint density at radius 1 is 1.00 bits per heavy atom. The average Bonchev–Trinajstić information content (AvgIpc) is 2.74. The van der Waals surface area contributed by atoms with Gasteiger partial charge in [-0.15, -0.1) is 0 Å². The van der Waals surface area contributed by atoms with E-state index in [0.29, 0.717) is 11.4 Å². The van der Waals surface area contributed by atoms with E-state index >= 15 is 0 Å². The minimum atomic E-state index is -3.86. The van der Waals surface area contributed by atoms with Gasteiger partial charge in [-0.1, -0.05) is 30.3 Å². The first-order chi connectivity index (χ1) is 14.4. The number of sulfonamides is 1. The number of anilines is 2. The molecule has 3 aromatic rings. The second-order valence-corrected chi connectivity index (χ2v) is 9.09. The monoisotopic (exact) mass is 538 g/mol. The lowest BCUT2D eigenvalue weighted by Crippen LogP contribution is -2.16. The van der Waals surface area contributed by atoms with Gasteiger partial charge in [0.1, 0.15) is 12.4 Å². The van der Waals surface area contributed by atoms with Gasteiger partial charge in [0.25, 0.3) is 10.0 Å². The third kappa shape index (κ3) is 5.86. The normalized spacial score (nSPS) is 10.9. The van der Waals surface area contributed by atoms with E-state index in [1.165, 1.54) is 25.3 Å². The molecule has 0 aliphatic carbocycles. The fourth-order valence-corrected chi connectivity index (χ4v) is 4.00. The van der Waals surface area contributed by atoms with Crippen molar-refractivity contribution < 1.29 is 22.7 Å². The maximum Gasteiger partial charge on any atom is 0.412 e. The molecule has 0 radical (unpaired) electrons. The highest BCUT2D eigenvalue weighted by Gasteiger charge is 2.18. The van der Waals surface area contributed by atoms with Gasteiger partial charge in [-0.2, -0.15) is 0 Å². The molecule has 1 amide bonds. The van der Waals surface area contributed by atoms with Gasteiger partial charge in [0, 0.05) is 9.26 Å². The maximum absolute atomic E-state index is 12.7. The second-order valence-electron chi connectivity index (χ2n) is 6.16. The fraction of sp³-hybridized carbons (Fsp3) is 0.0952. The topological polar surface area (TPSA) is 93.7 Å². The number of carbonyl (C=O) groups excluding carboxylic acids is 1. The lowest BCUT2D eigenvalue weighted by Gasteiger charge is -2.13. The largest absolute Gasteiger partial charge is 0.495 e. The second kappa shape index (κ2) is 9.81. The van der Waals surface area contributed by atoms with E-state index in [-0.39, 0.29) is 17.2 Å². The highest BCUT2D eigenvalue weighted by molar-refractivity contribution is 14.1. The molecule has 3 aromatic carbocycles. The minimum absolute atomic E-state index is 0.0276. The van der Waals surface area contributed by atoms with Gasteiger partial charge in [-0.3, -0.25) is 10.0 Å². The number of rotatable bonds is 7. The number of hydrogen-bond donors (Lipinski definition) is 2. The van der Waals surface area contributed by atoms with Gasteiger partial charge >= 0.3 is 6.09 Å². The van der Waals surface area contributed by atoms with Crippen molar-refractivity contribution in [2.75, 3.05) is 17.1 Å². The van der Waals surface area contributed by atoms with Crippen LogP contribution in [-0.4, -0.2) is 21.6 Å². The molecule has 0 unspecified atom stereocenters. The van der Waals surface area contributed by atoms with Gasteiger partial charge < -0.3 is 9.47 Å². The van der Waals surface area contributed by atoms with Crippen molar-refractivity contribution in [3.05, 3.63) is 81.9 Å². The van der Waals surface area contributed by atoms with E-state index < -0.39 is 16.1 Å². The van der Waals surface area contributed by atoms with Crippen LogP contribution in [0, 0.1) is 3.57 Å². The van der Waals surface area contributed by atoms with Gasteiger partial charge in [-0.05, 0) is 70.6 Å². The standard InChI is InChI=1S/C21H19IN2O5S/c1-28-20-12-11-18(30(26,27)24-17-9-7-16(22)8-10-17)13-19(20)23-21(25)29-14-15-5-3-2-4-6-15/h2-13,24H,14H2,1H3,(H,23,25). The van der Waals surface area contributed by atoms with Crippen LogP contribution >= 0.6 is 22.6 Å². The zero-order valence-electron chi connectivity index (χ0n) is 16.0. The van der Waals surface area contributed by atoms with Crippen molar-refractivity contribution in [2.45, 2.75) is 11.5 Å². The van der Waals surface area contributed by atoms with Gasteiger partial charge in [0.2, 0.25) is 0 Å². The molecule has 156 valence electrons. The third-order valence-electron chi connectivity index (χ3n) is 4.03. The predicted molar refractivity (Wildman–Crippen MR) is 123 cm³/mol. The summed E-state index contributed by atoms with van der Waals surface area (Å²) in [6.45, 7) is 0.0847. The molecule has 0 fully saturated rings. The van der Waals surface area contributed by atoms with Crippen molar-refractivity contribution in [1.29, 1.82) is 0 Å². The van der Waals surface area contributed by atoms with Crippen LogP contribution in [0.2, 0.25) is 0 Å². The van der Waals surface area contributed by atoms with Crippen molar-refractivity contribution in [2.24, 2.45) is 0 Å². The van der Waals surface area contributed by atoms with Crippen molar-refractivity contribution in [1.82, 2.24) is 0 Å². The fourth-order valence-electron chi connectivity index (χ4n) is 2.55. The molecular weight excluding hydrogens is 519 g/mol. The quantitative estimate of drug-likeness (QED) is 0.420. The van der Waals surface area contributed by atoms with Gasteiger partial charge in [0.15, 0.2) is 0 Å². The molecule has 9 heteroatoms. The first kappa shape index (κ1) is 21.9. The summed E-state index contributed by atoms with van der Waals surface area (Å²) in [5, 5.41) is 2.54. The first-order valence-electron chi connectivity index (χ1n) is 8.81.